The monoisotopic (exact) mass is 969 g/mol. The molecule has 57 heavy (non-hydrogen) atoms. The van der Waals surface area contributed by atoms with Crippen molar-refractivity contribution in [2.75, 3.05) is 21.1 Å². The number of nitrogens with one attached hydrogen (secondary N) is 3. The van der Waals surface area contributed by atoms with Gasteiger partial charge in [0.15, 0.2) is 0 Å². The average Bonchev–Trinajstić information content (AvgIpc) is 4.04. The van der Waals surface area contributed by atoms with Gasteiger partial charge in [0.05, 0.1) is 0 Å². The summed E-state index contributed by atoms with van der Waals surface area (Å²) >= 11 is 10.3. The second kappa shape index (κ2) is 15.9. The number of urea groups is 3. The Morgan fingerprint density at radius 3 is 0.877 bits per heavy atom. The third-order valence-corrected chi connectivity index (χ3v) is 14.2. The van der Waals surface area contributed by atoms with Crippen molar-refractivity contribution in [2.24, 2.45) is 0 Å². The molecular formula is C42H47Br3N6O6. The van der Waals surface area contributed by atoms with Crippen LogP contribution in [-0.4, -0.2) is 88.3 Å². The summed E-state index contributed by atoms with van der Waals surface area (Å²) in [5, 5.41) is 8.60. The lowest BCUT2D eigenvalue weighted by molar-refractivity contribution is -0.131. The van der Waals surface area contributed by atoms with Gasteiger partial charge in [0.2, 0.25) is 0 Å². The minimum atomic E-state index is -0.663. The van der Waals surface area contributed by atoms with Crippen LogP contribution in [0.1, 0.15) is 93.7 Å². The minimum Gasteiger partial charge on any atom is -0.323 e. The van der Waals surface area contributed by atoms with Gasteiger partial charge in [-0.1, -0.05) is 84.2 Å². The first-order chi connectivity index (χ1) is 27.0. The van der Waals surface area contributed by atoms with Gasteiger partial charge in [0.1, 0.15) is 16.6 Å². The Morgan fingerprint density at radius 1 is 0.456 bits per heavy atom. The van der Waals surface area contributed by atoms with Crippen LogP contribution in [0.3, 0.4) is 0 Å². The number of carbonyl (C=O) groups excluding carboxylic acids is 6. The third kappa shape index (κ3) is 7.91. The van der Waals surface area contributed by atoms with E-state index >= 15 is 0 Å². The van der Waals surface area contributed by atoms with Crippen molar-refractivity contribution in [3.05, 3.63) is 103 Å². The first-order valence-electron chi connectivity index (χ1n) is 19.1. The molecule has 3 aromatic carbocycles. The molecular weight excluding hydrogens is 924 g/mol. The SMILES string of the molecule is CN1C(=O)N[C@@]2(CC[C@H](c3ccc(Br)cc3)C2)C1=O.CN1C(=O)N[C@@]2(CC[C@H](c3ccc(Br)cc3)C2)C1=O.CN1C(=O)N[C@]2(CC[C@H](c3ccc(Br)cc3)C2)C1=O.[2HH]. The molecule has 0 bridgehead atoms. The molecule has 6 aliphatic rings. The van der Waals surface area contributed by atoms with Gasteiger partial charge < -0.3 is 16.0 Å². The Morgan fingerprint density at radius 2 is 0.684 bits per heavy atom. The van der Waals surface area contributed by atoms with Gasteiger partial charge in [-0.05, 0) is 129 Å². The molecule has 9 amide bonds. The summed E-state index contributed by atoms with van der Waals surface area (Å²) in [6.07, 6.45) is 7.06. The van der Waals surface area contributed by atoms with Gasteiger partial charge in [-0.2, -0.15) is 0 Å². The molecule has 3 aromatic rings. The van der Waals surface area contributed by atoms with Crippen molar-refractivity contribution < 1.29 is 30.2 Å². The van der Waals surface area contributed by atoms with E-state index in [1.54, 1.807) is 21.1 Å². The van der Waals surface area contributed by atoms with E-state index in [9.17, 15) is 28.8 Å². The highest BCUT2D eigenvalue weighted by atomic mass is 79.9. The Bertz CT molecular complexity index is 1870. The topological polar surface area (TPSA) is 148 Å². The van der Waals surface area contributed by atoms with Crippen molar-refractivity contribution in [3.63, 3.8) is 0 Å². The Balaban J connectivity index is 0.000000145. The summed E-state index contributed by atoms with van der Waals surface area (Å²) < 4.78 is 3.15. The fourth-order valence-corrected chi connectivity index (χ4v) is 10.2. The van der Waals surface area contributed by atoms with Gasteiger partial charge in [-0.25, -0.2) is 14.4 Å². The highest BCUT2D eigenvalue weighted by Crippen LogP contribution is 2.46. The molecule has 3 aliphatic heterocycles. The lowest BCUT2D eigenvalue weighted by atomic mass is 9.92. The summed E-state index contributed by atoms with van der Waals surface area (Å²) in [4.78, 5) is 75.1. The lowest BCUT2D eigenvalue weighted by Gasteiger charge is -2.20. The van der Waals surface area contributed by atoms with E-state index in [2.05, 4.69) is 100 Å². The van der Waals surface area contributed by atoms with Crippen LogP contribution in [0, 0.1) is 0 Å². The Kier molecular flexibility index (Phi) is 11.5. The van der Waals surface area contributed by atoms with Crippen LogP contribution in [0.4, 0.5) is 14.4 Å². The standard InChI is InChI=1S/3C14H15BrN2O2.H2/c3*1-17-12(18)14(16-13(17)19)7-6-10(8-14)9-2-4-11(15)5-3-9;/h3*2-5,10H,6-8H2,1H3,(H,16,19);1H/t2*10-,14+;10-,14-;/m000./s1/i;;;1+1. The molecule has 3 saturated carbocycles. The molecule has 3 saturated heterocycles. The highest BCUT2D eigenvalue weighted by molar-refractivity contribution is 9.11. The van der Waals surface area contributed by atoms with E-state index in [4.69, 9.17) is 0 Å². The quantitative estimate of drug-likeness (QED) is 0.226. The second-order valence-corrected chi connectivity index (χ2v) is 18.9. The van der Waals surface area contributed by atoms with Crippen molar-refractivity contribution in [3.8, 4) is 0 Å². The zero-order chi connectivity index (χ0) is 40.9. The maximum Gasteiger partial charge on any atom is 0.324 e. The van der Waals surface area contributed by atoms with Crippen LogP contribution in [0.5, 0.6) is 0 Å². The number of amides is 9. The number of nitrogens with zero attached hydrogens (tertiary/aromatic N) is 3. The maximum absolute atomic E-state index is 12.2. The molecule has 6 fully saturated rings. The number of carbonyl (C=O) groups is 6. The predicted molar refractivity (Wildman–Crippen MR) is 226 cm³/mol. The number of rotatable bonds is 3. The van der Waals surface area contributed by atoms with E-state index in [0.29, 0.717) is 37.0 Å². The van der Waals surface area contributed by atoms with Crippen molar-refractivity contribution in [1.82, 2.24) is 30.7 Å². The molecule has 3 spiro atoms. The molecule has 15 heteroatoms. The van der Waals surface area contributed by atoms with Gasteiger partial charge in [0.25, 0.3) is 17.7 Å². The summed E-state index contributed by atoms with van der Waals surface area (Å²) in [6, 6.07) is 23.8. The average molecular weight is 973 g/mol. The highest BCUT2D eigenvalue weighted by Gasteiger charge is 2.56. The predicted octanol–water partition coefficient (Wildman–Crippen LogP) is 8.16. The summed E-state index contributed by atoms with van der Waals surface area (Å²) in [7, 11) is 4.62. The van der Waals surface area contributed by atoms with Gasteiger partial charge in [-0.15, -0.1) is 0 Å². The number of benzene rings is 3. The fourth-order valence-electron chi connectivity index (χ4n) is 9.38. The summed E-state index contributed by atoms with van der Waals surface area (Å²) in [6.45, 7) is 0. The fraction of sp³-hybridized carbons (Fsp3) is 0.429. The molecule has 9 rings (SSSR count). The van der Waals surface area contributed by atoms with Gasteiger partial charge in [-0.3, -0.25) is 29.1 Å². The van der Waals surface area contributed by atoms with E-state index < -0.39 is 16.6 Å². The first kappa shape index (κ1) is 41.1. The Hall–Kier alpha value is -4.08. The van der Waals surface area contributed by atoms with Crippen molar-refractivity contribution >= 4 is 83.6 Å². The maximum atomic E-state index is 12.2. The molecule has 302 valence electrons. The lowest BCUT2D eigenvalue weighted by Crippen LogP contribution is -2.44. The smallest absolute Gasteiger partial charge is 0.323 e. The largest absolute Gasteiger partial charge is 0.324 e. The molecule has 0 radical (unpaired) electrons. The second-order valence-electron chi connectivity index (χ2n) is 16.1. The van der Waals surface area contributed by atoms with E-state index in [1.165, 1.54) is 31.4 Å². The Labute approximate surface area is 358 Å². The van der Waals surface area contributed by atoms with Crippen LogP contribution in [0.2, 0.25) is 0 Å². The molecule has 0 unspecified atom stereocenters. The number of imide groups is 3. The number of halogens is 3. The van der Waals surface area contributed by atoms with Gasteiger partial charge >= 0.3 is 18.1 Å². The number of hydrogen-bond donors (Lipinski definition) is 3. The normalized spacial score (nSPS) is 30.2. The van der Waals surface area contributed by atoms with Crippen LogP contribution >= 0.6 is 47.8 Å². The zero-order valence-electron chi connectivity index (χ0n) is 31.9. The molecule has 0 aromatic heterocycles. The molecule has 3 heterocycles. The van der Waals surface area contributed by atoms with Crippen molar-refractivity contribution in [1.29, 1.82) is 0 Å². The van der Waals surface area contributed by atoms with E-state index in [-0.39, 0.29) is 37.2 Å². The molecule has 3 aliphatic carbocycles. The summed E-state index contributed by atoms with van der Waals surface area (Å²) in [5.74, 6) is 0.753. The van der Waals surface area contributed by atoms with Crippen molar-refractivity contribution in [2.45, 2.75) is 92.2 Å². The summed E-state index contributed by atoms with van der Waals surface area (Å²) in [5.41, 5.74) is 1.71. The van der Waals surface area contributed by atoms with Crippen LogP contribution in [0.15, 0.2) is 86.2 Å². The van der Waals surface area contributed by atoms with E-state index in [1.807, 2.05) is 36.4 Å². The van der Waals surface area contributed by atoms with Gasteiger partial charge in [0, 0.05) is 36.0 Å². The van der Waals surface area contributed by atoms with E-state index in [0.717, 1.165) is 51.9 Å². The number of likely N-dealkylation sites (N-methyl/N-ethyl adjacent to an activating group) is 3. The number of hydrogen-bond acceptors (Lipinski definition) is 6. The minimum absolute atomic E-state index is 0. The third-order valence-electron chi connectivity index (χ3n) is 12.7. The van der Waals surface area contributed by atoms with Crippen LogP contribution in [-0.2, 0) is 14.4 Å². The molecule has 3 N–H and O–H groups in total. The molecule has 12 nitrogen and oxygen atoms in total. The van der Waals surface area contributed by atoms with Crippen LogP contribution in [0.25, 0.3) is 0 Å². The molecule has 6 atom stereocenters. The van der Waals surface area contributed by atoms with Crippen LogP contribution < -0.4 is 16.0 Å². The first-order valence-corrected chi connectivity index (χ1v) is 21.5. The zero-order valence-corrected chi connectivity index (χ0v) is 36.7.